The average molecular weight is 699 g/mol. The topological polar surface area (TPSA) is 8.17 Å². The Morgan fingerprint density at radius 1 is 0.365 bits per heavy atom. The molecule has 11 rings (SSSR count). The molecule has 0 spiro atoms. The maximum Gasteiger partial charge on any atom is 0.0646 e. The van der Waals surface area contributed by atoms with Crippen molar-refractivity contribution < 1.29 is 0 Å². The van der Waals surface area contributed by atoms with Gasteiger partial charge < -0.3 is 9.47 Å². The summed E-state index contributed by atoms with van der Waals surface area (Å²) in [6.07, 6.45) is 0. The molecule has 0 saturated carbocycles. The molecule has 52 heavy (non-hydrogen) atoms. The number of benzene rings is 8. The van der Waals surface area contributed by atoms with Crippen LogP contribution < -0.4 is 4.90 Å². The lowest BCUT2D eigenvalue weighted by molar-refractivity contribution is 1.18. The van der Waals surface area contributed by atoms with Crippen LogP contribution in [0.1, 0.15) is 0 Å². The zero-order valence-electron chi connectivity index (χ0n) is 28.0. The zero-order valence-corrected chi connectivity index (χ0v) is 29.7. The molecule has 0 atom stereocenters. The third-order valence-electron chi connectivity index (χ3n) is 10.4. The van der Waals surface area contributed by atoms with Crippen LogP contribution in [-0.2, 0) is 0 Å². The van der Waals surface area contributed by atoms with Crippen molar-refractivity contribution in [2.75, 3.05) is 4.90 Å². The predicted molar refractivity (Wildman–Crippen MR) is 227 cm³/mol. The largest absolute Gasteiger partial charge is 0.309 e. The van der Waals surface area contributed by atoms with E-state index in [1.54, 1.807) is 0 Å². The van der Waals surface area contributed by atoms with Gasteiger partial charge in [-0.2, -0.15) is 0 Å². The van der Waals surface area contributed by atoms with Gasteiger partial charge >= 0.3 is 0 Å². The molecule has 11 aromatic rings. The molecule has 4 heteroatoms. The maximum atomic E-state index is 2.46. The van der Waals surface area contributed by atoms with E-state index in [0.717, 1.165) is 17.1 Å². The molecule has 0 aliphatic heterocycles. The molecule has 0 fully saturated rings. The minimum atomic E-state index is 1.14. The van der Waals surface area contributed by atoms with Gasteiger partial charge in [0.05, 0.1) is 21.4 Å². The van der Waals surface area contributed by atoms with Crippen molar-refractivity contribution in [3.63, 3.8) is 0 Å². The number of hydrogen-bond acceptors (Lipinski definition) is 3. The lowest BCUT2D eigenvalue weighted by atomic mass is 9.99. The highest BCUT2D eigenvalue weighted by atomic mass is 32.1. The van der Waals surface area contributed by atoms with E-state index in [2.05, 4.69) is 191 Å². The summed E-state index contributed by atoms with van der Waals surface area (Å²) in [4.78, 5) is 2.46. The fourth-order valence-corrected chi connectivity index (χ4v) is 10.3. The standard InChI is InChI=1S/C48H30N2S2/c1-3-13-33(14-4-1)49(35-24-26-47-40(30-35)38-18-8-11-21-45(38)51-47)44-29-32(27-41-39-19-9-12-22-46(39)52-48(41)44)31-23-25-37-36-17-7-10-20-42(36)50(43(37)28-31)34-15-5-2-6-16-34/h1-30H. The molecule has 2 nitrogen and oxygen atoms in total. The van der Waals surface area contributed by atoms with E-state index in [1.807, 2.05) is 22.7 Å². The van der Waals surface area contributed by atoms with E-state index in [4.69, 9.17) is 0 Å². The Labute approximate surface area is 308 Å². The lowest BCUT2D eigenvalue weighted by Crippen LogP contribution is -2.10. The van der Waals surface area contributed by atoms with Gasteiger partial charge in [0, 0.05) is 63.5 Å². The van der Waals surface area contributed by atoms with Gasteiger partial charge in [-0.15, -0.1) is 22.7 Å². The molecule has 0 aliphatic rings. The molecule has 0 radical (unpaired) electrons. The van der Waals surface area contributed by atoms with Crippen LogP contribution in [0.5, 0.6) is 0 Å². The second kappa shape index (κ2) is 11.7. The Morgan fingerprint density at radius 2 is 1.00 bits per heavy atom. The Hall–Kier alpha value is -6.20. The summed E-state index contributed by atoms with van der Waals surface area (Å²) in [5, 5.41) is 7.69. The summed E-state index contributed by atoms with van der Waals surface area (Å²) in [6, 6.07) is 66.7. The Bertz CT molecular complexity index is 3130. The molecule has 0 amide bonds. The van der Waals surface area contributed by atoms with Crippen LogP contribution in [0.3, 0.4) is 0 Å². The number of anilines is 3. The van der Waals surface area contributed by atoms with Gasteiger partial charge in [-0.3, -0.25) is 0 Å². The number of hydrogen-bond donors (Lipinski definition) is 0. The van der Waals surface area contributed by atoms with Crippen molar-refractivity contribution in [1.82, 2.24) is 4.57 Å². The van der Waals surface area contributed by atoms with Crippen LogP contribution in [0.15, 0.2) is 182 Å². The predicted octanol–water partition coefficient (Wildman–Crippen LogP) is 14.7. The van der Waals surface area contributed by atoms with Gasteiger partial charge in [0.1, 0.15) is 0 Å². The first-order valence-corrected chi connectivity index (χ1v) is 19.2. The Kier molecular flexibility index (Phi) is 6.63. The summed E-state index contributed by atoms with van der Waals surface area (Å²) in [5.74, 6) is 0. The van der Waals surface area contributed by atoms with Gasteiger partial charge in [0.2, 0.25) is 0 Å². The van der Waals surface area contributed by atoms with Gasteiger partial charge in [-0.1, -0.05) is 103 Å². The SMILES string of the molecule is c1ccc(N(c2ccc3sc4ccccc4c3c2)c2cc(-c3ccc4c5ccccc5n(-c5ccccc5)c4c3)cc3c2sc2ccccc23)cc1. The molecule has 3 heterocycles. The second-order valence-corrected chi connectivity index (χ2v) is 15.5. The quantitative estimate of drug-likeness (QED) is 0.174. The van der Waals surface area contributed by atoms with Crippen molar-refractivity contribution in [3.8, 4) is 16.8 Å². The van der Waals surface area contributed by atoms with Crippen molar-refractivity contribution >= 4 is 102 Å². The summed E-state index contributed by atoms with van der Waals surface area (Å²) in [5.41, 5.74) is 9.44. The third-order valence-corrected chi connectivity index (χ3v) is 12.7. The van der Waals surface area contributed by atoms with Crippen LogP contribution >= 0.6 is 22.7 Å². The molecule has 0 saturated heterocycles. The van der Waals surface area contributed by atoms with Crippen LogP contribution in [0.25, 0.3) is 79.0 Å². The summed E-state index contributed by atoms with van der Waals surface area (Å²) < 4.78 is 7.61. The number of nitrogens with zero attached hydrogens (tertiary/aromatic N) is 2. The molecular formula is C48H30N2S2. The average Bonchev–Trinajstić information content (AvgIpc) is 3.88. The highest BCUT2D eigenvalue weighted by molar-refractivity contribution is 7.26. The van der Waals surface area contributed by atoms with Crippen molar-refractivity contribution in [2.24, 2.45) is 0 Å². The second-order valence-electron chi connectivity index (χ2n) is 13.3. The van der Waals surface area contributed by atoms with E-state index in [0.29, 0.717) is 0 Å². The number of rotatable bonds is 5. The Morgan fingerprint density at radius 3 is 1.81 bits per heavy atom. The number of fused-ring (bicyclic) bond motifs is 9. The summed E-state index contributed by atoms with van der Waals surface area (Å²) in [7, 11) is 0. The van der Waals surface area contributed by atoms with E-state index < -0.39 is 0 Å². The molecular weight excluding hydrogens is 669 g/mol. The molecule has 244 valence electrons. The van der Waals surface area contributed by atoms with Crippen molar-refractivity contribution in [3.05, 3.63) is 182 Å². The van der Waals surface area contributed by atoms with E-state index in [-0.39, 0.29) is 0 Å². The first kappa shape index (κ1) is 29.5. The normalized spacial score (nSPS) is 11.8. The lowest BCUT2D eigenvalue weighted by Gasteiger charge is -2.27. The number of aromatic nitrogens is 1. The van der Waals surface area contributed by atoms with Gasteiger partial charge in [-0.05, 0) is 90.0 Å². The molecule has 3 aromatic heterocycles. The summed E-state index contributed by atoms with van der Waals surface area (Å²) >= 11 is 3.74. The summed E-state index contributed by atoms with van der Waals surface area (Å²) in [6.45, 7) is 0. The van der Waals surface area contributed by atoms with Gasteiger partial charge in [0.25, 0.3) is 0 Å². The highest BCUT2D eigenvalue weighted by Crippen LogP contribution is 2.48. The minimum absolute atomic E-state index is 1.14. The van der Waals surface area contributed by atoms with E-state index in [9.17, 15) is 0 Å². The van der Waals surface area contributed by atoms with Crippen molar-refractivity contribution in [1.29, 1.82) is 0 Å². The monoisotopic (exact) mass is 698 g/mol. The number of thiophene rings is 2. The zero-order chi connectivity index (χ0) is 34.2. The van der Waals surface area contributed by atoms with E-state index >= 15 is 0 Å². The van der Waals surface area contributed by atoms with Crippen molar-refractivity contribution in [2.45, 2.75) is 0 Å². The smallest absolute Gasteiger partial charge is 0.0646 e. The first-order valence-electron chi connectivity index (χ1n) is 17.6. The third kappa shape index (κ3) is 4.55. The fraction of sp³-hybridized carbons (Fsp3) is 0. The highest BCUT2D eigenvalue weighted by Gasteiger charge is 2.21. The van der Waals surface area contributed by atoms with Crippen LogP contribution in [0.4, 0.5) is 17.1 Å². The van der Waals surface area contributed by atoms with Gasteiger partial charge in [0.15, 0.2) is 0 Å². The maximum absolute atomic E-state index is 2.46. The fourth-order valence-electron chi connectivity index (χ4n) is 8.00. The Balaban J connectivity index is 1.20. The molecule has 8 aromatic carbocycles. The van der Waals surface area contributed by atoms with Crippen LogP contribution in [0, 0.1) is 0 Å². The van der Waals surface area contributed by atoms with Crippen LogP contribution in [0.2, 0.25) is 0 Å². The number of para-hydroxylation sites is 3. The molecule has 0 N–H and O–H groups in total. The van der Waals surface area contributed by atoms with Crippen LogP contribution in [-0.4, -0.2) is 4.57 Å². The first-order chi connectivity index (χ1) is 25.8. The molecule has 0 aliphatic carbocycles. The molecule has 0 unspecified atom stereocenters. The molecule has 0 bridgehead atoms. The van der Waals surface area contributed by atoms with E-state index in [1.165, 1.54) is 79.0 Å². The minimum Gasteiger partial charge on any atom is -0.309 e. The van der Waals surface area contributed by atoms with Gasteiger partial charge in [-0.25, -0.2) is 0 Å².